The molecular weight excluding hydrogens is 144 g/mol. The van der Waals surface area contributed by atoms with Gasteiger partial charge in [-0.15, -0.1) is 0 Å². The van der Waals surface area contributed by atoms with Gasteiger partial charge in [-0.1, -0.05) is 0 Å². The number of aromatic amines is 1. The summed E-state index contributed by atoms with van der Waals surface area (Å²) < 4.78 is 0. The number of nitrogens with zero attached hydrogens (tertiary/aromatic N) is 2. The summed E-state index contributed by atoms with van der Waals surface area (Å²) in [7, 11) is 0. The predicted molar refractivity (Wildman–Crippen MR) is 40.0 cm³/mol. The van der Waals surface area contributed by atoms with Crippen molar-refractivity contribution in [3.8, 4) is 5.88 Å². The summed E-state index contributed by atoms with van der Waals surface area (Å²) in [5.74, 6) is 0.391. The van der Waals surface area contributed by atoms with Crippen LogP contribution in [0.25, 0.3) is 11.0 Å². The monoisotopic (exact) mass is 150 g/mol. The molecule has 2 aromatic heterocycles. The molecule has 11 heavy (non-hydrogen) atoms. The van der Waals surface area contributed by atoms with Crippen LogP contribution in [0.4, 0.5) is 5.82 Å². The van der Waals surface area contributed by atoms with E-state index in [-0.39, 0.29) is 5.88 Å². The molecule has 0 aliphatic carbocycles. The van der Waals surface area contributed by atoms with Crippen LogP contribution in [0.2, 0.25) is 0 Å². The Morgan fingerprint density at radius 1 is 1.45 bits per heavy atom. The Balaban J connectivity index is 2.90. The average Bonchev–Trinajstić information content (AvgIpc) is 2.31. The van der Waals surface area contributed by atoms with Crippen molar-refractivity contribution < 1.29 is 5.11 Å². The van der Waals surface area contributed by atoms with Crippen molar-refractivity contribution in [1.82, 2.24) is 15.0 Å². The molecule has 0 aliphatic rings. The van der Waals surface area contributed by atoms with Gasteiger partial charge in [-0.25, -0.2) is 9.97 Å². The van der Waals surface area contributed by atoms with Crippen LogP contribution in [0.5, 0.6) is 5.88 Å². The van der Waals surface area contributed by atoms with Gasteiger partial charge in [0.25, 0.3) is 0 Å². The van der Waals surface area contributed by atoms with Crippen LogP contribution in [0.15, 0.2) is 12.4 Å². The van der Waals surface area contributed by atoms with Crippen molar-refractivity contribution >= 4 is 16.9 Å². The van der Waals surface area contributed by atoms with Gasteiger partial charge in [-0.2, -0.15) is 0 Å². The van der Waals surface area contributed by atoms with Crippen LogP contribution in [0.1, 0.15) is 0 Å². The minimum Gasteiger partial charge on any atom is -0.495 e. The van der Waals surface area contributed by atoms with E-state index in [1.165, 1.54) is 12.4 Å². The number of nitrogens with one attached hydrogen (secondary N) is 1. The second kappa shape index (κ2) is 1.85. The van der Waals surface area contributed by atoms with E-state index < -0.39 is 0 Å². The topological polar surface area (TPSA) is 87.8 Å². The van der Waals surface area contributed by atoms with Gasteiger partial charge in [0.15, 0.2) is 11.7 Å². The molecule has 2 aromatic rings. The summed E-state index contributed by atoms with van der Waals surface area (Å²) in [6.07, 6.45) is 1.35. The highest BCUT2D eigenvalue weighted by atomic mass is 16.3. The van der Waals surface area contributed by atoms with Gasteiger partial charge >= 0.3 is 0 Å². The third kappa shape index (κ3) is 0.778. The first-order valence-corrected chi connectivity index (χ1v) is 3.05. The van der Waals surface area contributed by atoms with Crippen molar-refractivity contribution in [2.24, 2.45) is 0 Å². The van der Waals surface area contributed by atoms with E-state index in [1.54, 1.807) is 0 Å². The summed E-state index contributed by atoms with van der Waals surface area (Å²) >= 11 is 0. The zero-order valence-corrected chi connectivity index (χ0v) is 5.57. The van der Waals surface area contributed by atoms with E-state index in [9.17, 15) is 0 Å². The number of aromatic hydroxyl groups is 1. The number of hydrogen-bond donors (Lipinski definition) is 3. The Bertz CT molecular complexity index is 394. The number of fused-ring (bicyclic) bond motifs is 1. The maximum Gasteiger partial charge on any atom is 0.191 e. The summed E-state index contributed by atoms with van der Waals surface area (Å²) in [6, 6.07) is 1.49. The fourth-order valence-corrected chi connectivity index (χ4v) is 0.945. The van der Waals surface area contributed by atoms with Gasteiger partial charge in [0, 0.05) is 6.07 Å². The molecule has 2 heterocycles. The summed E-state index contributed by atoms with van der Waals surface area (Å²) in [5, 5.41) is 9.00. The fourth-order valence-electron chi connectivity index (χ4n) is 0.945. The number of nitrogen functional groups attached to an aromatic ring is 1. The Hall–Kier alpha value is -1.78. The zero-order valence-electron chi connectivity index (χ0n) is 5.57. The highest BCUT2D eigenvalue weighted by molar-refractivity contribution is 5.85. The molecule has 2 rings (SSSR count). The molecule has 0 spiro atoms. The number of anilines is 1. The first-order valence-electron chi connectivity index (χ1n) is 3.05. The van der Waals surface area contributed by atoms with E-state index in [0.29, 0.717) is 16.9 Å². The molecule has 0 fully saturated rings. The maximum atomic E-state index is 9.00. The Morgan fingerprint density at radius 2 is 2.27 bits per heavy atom. The Kier molecular flexibility index (Phi) is 1.00. The van der Waals surface area contributed by atoms with Crippen LogP contribution >= 0.6 is 0 Å². The lowest BCUT2D eigenvalue weighted by Crippen LogP contribution is -1.91. The van der Waals surface area contributed by atoms with Crippen molar-refractivity contribution in [3.05, 3.63) is 12.4 Å². The van der Waals surface area contributed by atoms with Crippen LogP contribution < -0.4 is 5.73 Å². The number of hydrogen-bond acceptors (Lipinski definition) is 4. The highest BCUT2D eigenvalue weighted by Crippen LogP contribution is 2.19. The molecule has 0 saturated carbocycles. The van der Waals surface area contributed by atoms with Crippen LogP contribution in [0, 0.1) is 0 Å². The van der Waals surface area contributed by atoms with E-state index in [2.05, 4.69) is 15.0 Å². The van der Waals surface area contributed by atoms with E-state index in [4.69, 9.17) is 10.8 Å². The molecule has 0 aromatic carbocycles. The van der Waals surface area contributed by atoms with Gasteiger partial charge < -0.3 is 15.8 Å². The van der Waals surface area contributed by atoms with Gasteiger partial charge in [-0.3, -0.25) is 0 Å². The molecule has 0 bridgehead atoms. The van der Waals surface area contributed by atoms with Crippen molar-refractivity contribution in [3.63, 3.8) is 0 Å². The number of aromatic nitrogens is 3. The maximum absolute atomic E-state index is 9.00. The molecule has 0 saturated heterocycles. The van der Waals surface area contributed by atoms with Gasteiger partial charge in [-0.05, 0) is 0 Å². The highest BCUT2D eigenvalue weighted by Gasteiger charge is 2.02. The summed E-state index contributed by atoms with van der Waals surface area (Å²) in [6.45, 7) is 0. The van der Waals surface area contributed by atoms with Crippen molar-refractivity contribution in [1.29, 1.82) is 0 Å². The molecule has 0 atom stereocenters. The summed E-state index contributed by atoms with van der Waals surface area (Å²) in [5.41, 5.74) is 6.67. The first-order chi connectivity index (χ1) is 5.27. The van der Waals surface area contributed by atoms with E-state index >= 15 is 0 Å². The summed E-state index contributed by atoms with van der Waals surface area (Å²) in [4.78, 5) is 10.3. The van der Waals surface area contributed by atoms with Gasteiger partial charge in [0.1, 0.15) is 11.8 Å². The first kappa shape index (κ1) is 5.96. The third-order valence-corrected chi connectivity index (χ3v) is 1.43. The van der Waals surface area contributed by atoms with Crippen LogP contribution in [-0.2, 0) is 0 Å². The molecular formula is C6H6N4O. The molecule has 0 radical (unpaired) electrons. The predicted octanol–water partition coefficient (Wildman–Crippen LogP) is 0.246. The van der Waals surface area contributed by atoms with Gasteiger partial charge in [0.05, 0.1) is 5.52 Å². The van der Waals surface area contributed by atoms with Crippen LogP contribution in [-0.4, -0.2) is 20.1 Å². The normalized spacial score (nSPS) is 10.5. The second-order valence-corrected chi connectivity index (χ2v) is 2.17. The van der Waals surface area contributed by atoms with Crippen molar-refractivity contribution in [2.75, 3.05) is 5.73 Å². The average molecular weight is 150 g/mol. The number of nitrogens with two attached hydrogens (primary N) is 1. The second-order valence-electron chi connectivity index (χ2n) is 2.17. The molecule has 56 valence electrons. The molecule has 0 unspecified atom stereocenters. The smallest absolute Gasteiger partial charge is 0.191 e. The van der Waals surface area contributed by atoms with Gasteiger partial charge in [0.2, 0.25) is 0 Å². The molecule has 4 N–H and O–H groups in total. The molecule has 5 nitrogen and oxygen atoms in total. The SMILES string of the molecule is Nc1ncnc2cc(O)[nH]c12. The third-order valence-electron chi connectivity index (χ3n) is 1.43. The number of H-pyrrole nitrogens is 1. The fraction of sp³-hybridized carbons (Fsp3) is 0. The molecule has 0 amide bonds. The lowest BCUT2D eigenvalue weighted by molar-refractivity contribution is 0.458. The standard InChI is InChI=1S/C6H6N4O/c7-6-5-3(8-2-9-6)1-4(11)10-5/h1-2,10-11H,(H2,7,8,9). The minimum atomic E-state index is 0.0483. The molecule has 0 aliphatic heterocycles. The lowest BCUT2D eigenvalue weighted by Gasteiger charge is -1.90. The Labute approximate surface area is 61.9 Å². The van der Waals surface area contributed by atoms with Crippen LogP contribution in [0.3, 0.4) is 0 Å². The minimum absolute atomic E-state index is 0.0483. The lowest BCUT2D eigenvalue weighted by atomic mass is 10.4. The zero-order chi connectivity index (χ0) is 7.84. The van der Waals surface area contributed by atoms with E-state index in [1.807, 2.05) is 0 Å². The number of rotatable bonds is 0. The van der Waals surface area contributed by atoms with Crippen molar-refractivity contribution in [2.45, 2.75) is 0 Å². The largest absolute Gasteiger partial charge is 0.495 e. The Morgan fingerprint density at radius 3 is 3.00 bits per heavy atom. The quantitative estimate of drug-likeness (QED) is 0.502. The van der Waals surface area contributed by atoms with E-state index in [0.717, 1.165) is 0 Å². The molecule has 5 heteroatoms.